The van der Waals surface area contributed by atoms with Crippen LogP contribution in [0.3, 0.4) is 0 Å². The van der Waals surface area contributed by atoms with Gasteiger partial charge in [-0.2, -0.15) is 4.31 Å². The van der Waals surface area contributed by atoms with Crippen molar-refractivity contribution in [1.29, 1.82) is 0 Å². The van der Waals surface area contributed by atoms with Gasteiger partial charge < -0.3 is 20.1 Å². The molecule has 1 aliphatic heterocycles. The fourth-order valence-corrected chi connectivity index (χ4v) is 6.04. The van der Waals surface area contributed by atoms with Crippen molar-refractivity contribution >= 4 is 27.5 Å². The Balaban J connectivity index is 1.62. The molecule has 4 rings (SSSR count). The first-order valence-corrected chi connectivity index (χ1v) is 15.1. The van der Waals surface area contributed by atoms with Crippen molar-refractivity contribution in [2.24, 2.45) is 5.92 Å². The summed E-state index contributed by atoms with van der Waals surface area (Å²) in [6.07, 6.45) is -0.397. The molecule has 3 atom stereocenters. The quantitative estimate of drug-likeness (QED) is 0.402. The molecule has 3 aromatic carbocycles. The maximum absolute atomic E-state index is 13.4. The molecule has 2 N–H and O–H groups in total. The molecule has 0 radical (unpaired) electrons. The van der Waals surface area contributed by atoms with Crippen molar-refractivity contribution in [3.05, 3.63) is 90.0 Å². The molecule has 0 spiro atoms. The number of hydrogen-bond donors (Lipinski definition) is 2. The van der Waals surface area contributed by atoms with Crippen LogP contribution in [0.5, 0.6) is 5.75 Å². The zero-order chi connectivity index (χ0) is 29.6. The molecule has 0 bridgehead atoms. The number of benzene rings is 3. The van der Waals surface area contributed by atoms with E-state index in [1.807, 2.05) is 37.3 Å². The van der Waals surface area contributed by atoms with E-state index in [-0.39, 0.29) is 55.2 Å². The summed E-state index contributed by atoms with van der Waals surface area (Å²) in [5, 5.41) is 12.8. The molecule has 3 aromatic rings. The summed E-state index contributed by atoms with van der Waals surface area (Å²) in [6, 6.07) is 22.3. The van der Waals surface area contributed by atoms with Gasteiger partial charge in [-0.3, -0.25) is 9.59 Å². The zero-order valence-electron chi connectivity index (χ0n) is 23.6. The van der Waals surface area contributed by atoms with Crippen LogP contribution in [0.4, 0.5) is 5.69 Å². The summed E-state index contributed by atoms with van der Waals surface area (Å²) < 4.78 is 34.2. The summed E-state index contributed by atoms with van der Waals surface area (Å²) in [5.41, 5.74) is 1.97. The number of amides is 2. The van der Waals surface area contributed by atoms with Crippen molar-refractivity contribution in [2.45, 2.75) is 43.7 Å². The summed E-state index contributed by atoms with van der Waals surface area (Å²) in [6.45, 7) is 3.78. The Labute approximate surface area is 241 Å². The molecule has 10 heteroatoms. The number of carbonyl (C=O) groups is 2. The van der Waals surface area contributed by atoms with Crippen LogP contribution in [0.25, 0.3) is 0 Å². The van der Waals surface area contributed by atoms with Gasteiger partial charge in [-0.15, -0.1) is 0 Å². The van der Waals surface area contributed by atoms with E-state index >= 15 is 0 Å². The highest BCUT2D eigenvalue weighted by atomic mass is 32.2. The second kappa shape index (κ2) is 13.3. The zero-order valence-corrected chi connectivity index (χ0v) is 24.4. The molecule has 1 aliphatic rings. The highest BCUT2D eigenvalue weighted by molar-refractivity contribution is 7.89. The van der Waals surface area contributed by atoms with Crippen LogP contribution in [-0.2, 0) is 32.5 Å². The van der Waals surface area contributed by atoms with Gasteiger partial charge in [-0.05, 0) is 42.8 Å². The number of anilines is 1. The molecular formula is C31H37N3O6S. The molecule has 0 saturated carbocycles. The van der Waals surface area contributed by atoms with Gasteiger partial charge in [0, 0.05) is 30.8 Å². The molecule has 2 amide bonds. The van der Waals surface area contributed by atoms with Gasteiger partial charge in [0.25, 0.3) is 0 Å². The summed E-state index contributed by atoms with van der Waals surface area (Å²) >= 11 is 0. The molecule has 0 unspecified atom stereocenters. The summed E-state index contributed by atoms with van der Waals surface area (Å²) in [7, 11) is -2.26. The number of carbonyl (C=O) groups excluding carboxylic acids is 2. The standard InChI is InChI=1S/C31H37N3O6S/c1-22-19-34(23(2)21-35)31(37)18-25-17-26(32-30(36)16-24-10-6-4-7-11-24)14-15-28(25)40-29(22)20-33(3)41(38,39)27-12-8-5-9-13-27/h4-15,17,22-23,29,35H,16,18-21H2,1-3H3,(H,32,36)/t22-,23+,29+/m0/s1. The Morgan fingerprint density at radius 1 is 1.10 bits per heavy atom. The van der Waals surface area contributed by atoms with E-state index in [2.05, 4.69) is 5.32 Å². The third kappa shape index (κ3) is 7.52. The maximum atomic E-state index is 13.4. The van der Waals surface area contributed by atoms with Gasteiger partial charge in [0.1, 0.15) is 11.9 Å². The average molecular weight is 580 g/mol. The number of rotatable bonds is 9. The minimum Gasteiger partial charge on any atom is -0.488 e. The highest BCUT2D eigenvalue weighted by Gasteiger charge is 2.33. The lowest BCUT2D eigenvalue weighted by molar-refractivity contribution is -0.134. The second-order valence-electron chi connectivity index (χ2n) is 10.5. The largest absolute Gasteiger partial charge is 0.488 e. The van der Waals surface area contributed by atoms with Gasteiger partial charge in [0.2, 0.25) is 21.8 Å². The van der Waals surface area contributed by atoms with Crippen molar-refractivity contribution < 1.29 is 27.9 Å². The van der Waals surface area contributed by atoms with Crippen LogP contribution in [0.2, 0.25) is 0 Å². The first-order valence-electron chi connectivity index (χ1n) is 13.6. The Hall–Kier alpha value is -3.73. The van der Waals surface area contributed by atoms with Crippen LogP contribution in [-0.4, -0.2) is 73.4 Å². The molecule has 0 saturated heterocycles. The van der Waals surface area contributed by atoms with Crippen molar-refractivity contribution in [3.63, 3.8) is 0 Å². The second-order valence-corrected chi connectivity index (χ2v) is 12.6. The fraction of sp³-hybridized carbons (Fsp3) is 0.355. The molecule has 1 heterocycles. The van der Waals surface area contributed by atoms with Crippen LogP contribution in [0, 0.1) is 5.92 Å². The van der Waals surface area contributed by atoms with E-state index in [9.17, 15) is 23.1 Å². The van der Waals surface area contributed by atoms with Gasteiger partial charge in [-0.1, -0.05) is 55.5 Å². The van der Waals surface area contributed by atoms with E-state index in [1.54, 1.807) is 60.4 Å². The molecule has 218 valence electrons. The minimum atomic E-state index is -3.78. The predicted octanol–water partition coefficient (Wildman–Crippen LogP) is 3.34. The fourth-order valence-electron chi connectivity index (χ4n) is 4.84. The maximum Gasteiger partial charge on any atom is 0.242 e. The number of sulfonamides is 1. The normalized spacial score (nSPS) is 18.5. The van der Waals surface area contributed by atoms with Crippen LogP contribution >= 0.6 is 0 Å². The number of likely N-dealkylation sites (N-methyl/N-ethyl adjacent to an activating group) is 1. The molecular weight excluding hydrogens is 542 g/mol. The van der Waals surface area contributed by atoms with Gasteiger partial charge >= 0.3 is 0 Å². The Morgan fingerprint density at radius 2 is 1.76 bits per heavy atom. The number of ether oxygens (including phenoxy) is 1. The average Bonchev–Trinajstić information content (AvgIpc) is 3.01. The van der Waals surface area contributed by atoms with Crippen LogP contribution < -0.4 is 10.1 Å². The monoisotopic (exact) mass is 579 g/mol. The predicted molar refractivity (Wildman–Crippen MR) is 157 cm³/mol. The lowest BCUT2D eigenvalue weighted by Gasteiger charge is -2.33. The number of nitrogens with one attached hydrogen (secondary N) is 1. The molecule has 0 aromatic heterocycles. The van der Waals surface area contributed by atoms with Crippen LogP contribution in [0.1, 0.15) is 25.0 Å². The van der Waals surface area contributed by atoms with Gasteiger partial charge in [-0.25, -0.2) is 8.42 Å². The topological polar surface area (TPSA) is 116 Å². The van der Waals surface area contributed by atoms with E-state index in [0.29, 0.717) is 17.0 Å². The van der Waals surface area contributed by atoms with E-state index < -0.39 is 22.2 Å². The number of aliphatic hydroxyl groups excluding tert-OH is 1. The lowest BCUT2D eigenvalue weighted by atomic mass is 10.0. The van der Waals surface area contributed by atoms with Gasteiger partial charge in [0.15, 0.2) is 0 Å². The molecule has 41 heavy (non-hydrogen) atoms. The first kappa shape index (κ1) is 30.2. The van der Waals surface area contributed by atoms with Gasteiger partial charge in [0.05, 0.1) is 36.9 Å². The van der Waals surface area contributed by atoms with E-state index in [1.165, 1.54) is 11.4 Å². The highest BCUT2D eigenvalue weighted by Crippen LogP contribution is 2.30. The molecule has 9 nitrogen and oxygen atoms in total. The Morgan fingerprint density at radius 3 is 2.41 bits per heavy atom. The number of aliphatic hydroxyl groups is 1. The third-order valence-corrected chi connectivity index (χ3v) is 9.13. The molecule has 0 fully saturated rings. The smallest absolute Gasteiger partial charge is 0.242 e. The Bertz CT molecular complexity index is 1450. The summed E-state index contributed by atoms with van der Waals surface area (Å²) in [4.78, 5) is 27.9. The van der Waals surface area contributed by atoms with Crippen molar-refractivity contribution in [3.8, 4) is 5.75 Å². The lowest BCUT2D eigenvalue weighted by Crippen LogP contribution is -2.48. The third-order valence-electron chi connectivity index (χ3n) is 7.30. The van der Waals surface area contributed by atoms with Crippen LogP contribution in [0.15, 0.2) is 83.8 Å². The molecule has 0 aliphatic carbocycles. The summed E-state index contributed by atoms with van der Waals surface area (Å²) in [5.74, 6) is -0.207. The number of hydrogen-bond acceptors (Lipinski definition) is 6. The van der Waals surface area contributed by atoms with E-state index in [4.69, 9.17) is 4.74 Å². The van der Waals surface area contributed by atoms with E-state index in [0.717, 1.165) is 5.56 Å². The Kier molecular flexibility index (Phi) is 9.80. The number of nitrogens with zero attached hydrogens (tertiary/aromatic N) is 2. The first-order chi connectivity index (χ1) is 19.6. The number of fused-ring (bicyclic) bond motifs is 1. The SMILES string of the molecule is C[C@H](CO)N1C[C@H](C)[C@@H](CN(C)S(=O)(=O)c2ccccc2)Oc2ccc(NC(=O)Cc3ccccc3)cc2CC1=O. The van der Waals surface area contributed by atoms with Crippen molar-refractivity contribution in [2.75, 3.05) is 32.1 Å². The minimum absolute atomic E-state index is 0.000335. The van der Waals surface area contributed by atoms with Crippen molar-refractivity contribution in [1.82, 2.24) is 9.21 Å².